The molecular weight excluding hydrogens is 214 g/mol. The Kier molecular flexibility index (Phi) is 2.42. The van der Waals surface area contributed by atoms with Gasteiger partial charge in [0.05, 0.1) is 5.69 Å². The molecule has 0 aliphatic rings. The van der Waals surface area contributed by atoms with E-state index in [4.69, 9.17) is 0 Å². The summed E-state index contributed by atoms with van der Waals surface area (Å²) in [5.41, 5.74) is 3.82. The molecular formula is C12H11N5. The lowest BCUT2D eigenvalue weighted by Crippen LogP contribution is -2.00. The second-order valence-electron chi connectivity index (χ2n) is 3.69. The average molecular weight is 225 g/mol. The summed E-state index contributed by atoms with van der Waals surface area (Å²) in [6, 6.07) is 5.87. The lowest BCUT2D eigenvalue weighted by molar-refractivity contribution is 1.10. The molecule has 0 bridgehead atoms. The summed E-state index contributed by atoms with van der Waals surface area (Å²) in [5.74, 6) is 0. The minimum absolute atomic E-state index is 0.722. The summed E-state index contributed by atoms with van der Waals surface area (Å²) in [4.78, 5) is 8.29. The van der Waals surface area contributed by atoms with E-state index in [9.17, 15) is 0 Å². The maximum atomic E-state index is 4.21. The van der Waals surface area contributed by atoms with Crippen molar-refractivity contribution in [2.45, 2.75) is 6.54 Å². The quantitative estimate of drug-likeness (QED) is 0.715. The van der Waals surface area contributed by atoms with E-state index in [1.54, 1.807) is 18.6 Å². The van der Waals surface area contributed by atoms with E-state index in [-0.39, 0.29) is 0 Å². The second-order valence-corrected chi connectivity index (χ2v) is 3.69. The van der Waals surface area contributed by atoms with Crippen LogP contribution < -0.4 is 5.32 Å². The fourth-order valence-electron chi connectivity index (χ4n) is 1.69. The molecule has 0 unspecified atom stereocenters. The molecule has 3 aromatic heterocycles. The van der Waals surface area contributed by atoms with Crippen molar-refractivity contribution in [3.05, 3.63) is 48.5 Å². The van der Waals surface area contributed by atoms with Crippen LogP contribution in [0.1, 0.15) is 5.56 Å². The van der Waals surface area contributed by atoms with Gasteiger partial charge in [0, 0.05) is 31.3 Å². The van der Waals surface area contributed by atoms with Crippen LogP contribution in [-0.4, -0.2) is 20.2 Å². The third-order valence-electron chi connectivity index (χ3n) is 2.54. The number of rotatable bonds is 3. The normalized spacial score (nSPS) is 10.6. The maximum absolute atomic E-state index is 4.21. The van der Waals surface area contributed by atoms with Crippen molar-refractivity contribution in [2.75, 3.05) is 5.32 Å². The number of aromatic nitrogens is 4. The van der Waals surface area contributed by atoms with Gasteiger partial charge in [-0.15, -0.1) is 0 Å². The first kappa shape index (κ1) is 9.77. The van der Waals surface area contributed by atoms with Crippen molar-refractivity contribution in [3.8, 4) is 0 Å². The van der Waals surface area contributed by atoms with E-state index in [0.717, 1.165) is 28.8 Å². The first-order valence-corrected chi connectivity index (χ1v) is 5.35. The highest BCUT2D eigenvalue weighted by molar-refractivity contribution is 5.86. The minimum atomic E-state index is 0.722. The van der Waals surface area contributed by atoms with Crippen LogP contribution in [0.2, 0.25) is 0 Å². The Morgan fingerprint density at radius 2 is 2.24 bits per heavy atom. The minimum Gasteiger partial charge on any atom is -0.379 e. The second kappa shape index (κ2) is 4.21. The number of nitrogens with zero attached hydrogens (tertiary/aromatic N) is 3. The monoisotopic (exact) mass is 225 g/mol. The predicted molar refractivity (Wildman–Crippen MR) is 65.5 cm³/mol. The molecule has 5 heteroatoms. The summed E-state index contributed by atoms with van der Waals surface area (Å²) >= 11 is 0. The largest absolute Gasteiger partial charge is 0.379 e. The molecule has 0 spiro atoms. The van der Waals surface area contributed by atoms with Gasteiger partial charge in [-0.1, -0.05) is 6.07 Å². The van der Waals surface area contributed by atoms with Gasteiger partial charge < -0.3 is 5.32 Å². The molecule has 0 fully saturated rings. The number of fused-ring (bicyclic) bond motifs is 1. The Labute approximate surface area is 97.9 Å². The molecule has 17 heavy (non-hydrogen) atoms. The Hall–Kier alpha value is -2.43. The van der Waals surface area contributed by atoms with Crippen LogP contribution in [0.25, 0.3) is 11.0 Å². The summed E-state index contributed by atoms with van der Waals surface area (Å²) in [5, 5.41) is 10.3. The van der Waals surface area contributed by atoms with Gasteiger partial charge in [0.25, 0.3) is 0 Å². The highest BCUT2D eigenvalue weighted by Crippen LogP contribution is 2.18. The first-order chi connectivity index (χ1) is 8.43. The molecule has 2 N–H and O–H groups in total. The Morgan fingerprint density at radius 3 is 3.12 bits per heavy atom. The van der Waals surface area contributed by atoms with Gasteiger partial charge in [-0.3, -0.25) is 15.1 Å². The van der Waals surface area contributed by atoms with Crippen LogP contribution >= 0.6 is 0 Å². The highest BCUT2D eigenvalue weighted by Gasteiger charge is 2.03. The van der Waals surface area contributed by atoms with Gasteiger partial charge in [0.1, 0.15) is 11.0 Å². The molecule has 0 radical (unpaired) electrons. The number of aromatic amines is 1. The van der Waals surface area contributed by atoms with E-state index in [1.165, 1.54) is 0 Å². The van der Waals surface area contributed by atoms with E-state index in [1.807, 2.05) is 24.4 Å². The summed E-state index contributed by atoms with van der Waals surface area (Å²) in [6.07, 6.45) is 7.16. The maximum Gasteiger partial charge on any atom is 0.134 e. The van der Waals surface area contributed by atoms with Crippen LogP contribution in [0.5, 0.6) is 0 Å². The molecule has 5 nitrogen and oxygen atoms in total. The molecule has 3 aromatic rings. The van der Waals surface area contributed by atoms with Crippen LogP contribution in [0, 0.1) is 0 Å². The van der Waals surface area contributed by atoms with E-state index in [2.05, 4.69) is 25.5 Å². The van der Waals surface area contributed by atoms with E-state index in [0.29, 0.717) is 0 Å². The molecule has 0 aliphatic carbocycles. The third kappa shape index (κ3) is 1.94. The van der Waals surface area contributed by atoms with E-state index >= 15 is 0 Å². The van der Waals surface area contributed by atoms with Gasteiger partial charge in [-0.25, -0.2) is 0 Å². The zero-order valence-corrected chi connectivity index (χ0v) is 9.09. The van der Waals surface area contributed by atoms with Crippen molar-refractivity contribution in [1.29, 1.82) is 0 Å². The zero-order chi connectivity index (χ0) is 11.5. The van der Waals surface area contributed by atoms with Crippen molar-refractivity contribution >= 4 is 16.7 Å². The third-order valence-corrected chi connectivity index (χ3v) is 2.54. The lowest BCUT2D eigenvalue weighted by Gasteiger charge is -2.06. The molecule has 0 saturated heterocycles. The molecule has 84 valence electrons. The van der Waals surface area contributed by atoms with E-state index < -0.39 is 0 Å². The highest BCUT2D eigenvalue weighted by atomic mass is 15.1. The van der Waals surface area contributed by atoms with Gasteiger partial charge in [-0.2, -0.15) is 5.10 Å². The van der Waals surface area contributed by atoms with Crippen LogP contribution in [0.15, 0.2) is 43.0 Å². The molecule has 0 saturated carbocycles. The Morgan fingerprint density at radius 1 is 1.24 bits per heavy atom. The zero-order valence-electron chi connectivity index (χ0n) is 9.09. The summed E-state index contributed by atoms with van der Waals surface area (Å²) in [6.45, 7) is 0.722. The lowest BCUT2D eigenvalue weighted by atomic mass is 10.2. The number of hydrogen-bond acceptors (Lipinski definition) is 4. The number of anilines is 1. The van der Waals surface area contributed by atoms with Crippen LogP contribution in [-0.2, 0) is 6.54 Å². The van der Waals surface area contributed by atoms with Gasteiger partial charge >= 0.3 is 0 Å². The fourth-order valence-corrected chi connectivity index (χ4v) is 1.69. The molecule has 3 heterocycles. The first-order valence-electron chi connectivity index (χ1n) is 5.35. The molecule has 0 aliphatic heterocycles. The number of nitrogens with one attached hydrogen (secondary N) is 2. The number of H-pyrrole nitrogens is 1. The van der Waals surface area contributed by atoms with Gasteiger partial charge in [0.2, 0.25) is 0 Å². The number of pyridine rings is 2. The fraction of sp³-hybridized carbons (Fsp3) is 0.0833. The van der Waals surface area contributed by atoms with Crippen molar-refractivity contribution in [3.63, 3.8) is 0 Å². The Bertz CT molecular complexity index is 617. The van der Waals surface area contributed by atoms with Crippen LogP contribution in [0.3, 0.4) is 0 Å². The standard InChI is InChI=1S/C12H11N5/c1-2-9(6-13-4-1)7-15-10-3-5-14-11-8-16-17-12(10)11/h1-6,8H,7H2,(H,14,15)(H,16,17). The summed E-state index contributed by atoms with van der Waals surface area (Å²) in [7, 11) is 0. The molecule has 0 atom stereocenters. The van der Waals surface area contributed by atoms with Crippen molar-refractivity contribution in [1.82, 2.24) is 20.2 Å². The van der Waals surface area contributed by atoms with Gasteiger partial charge in [0.15, 0.2) is 0 Å². The SMILES string of the molecule is c1cncc(CNc2ccnc3c[nH]nc23)c1. The molecule has 3 rings (SSSR count). The topological polar surface area (TPSA) is 66.5 Å². The van der Waals surface area contributed by atoms with Gasteiger partial charge in [-0.05, 0) is 17.7 Å². The Balaban J connectivity index is 1.84. The molecule has 0 amide bonds. The van der Waals surface area contributed by atoms with Crippen molar-refractivity contribution in [2.24, 2.45) is 0 Å². The van der Waals surface area contributed by atoms with Crippen LogP contribution in [0.4, 0.5) is 5.69 Å². The average Bonchev–Trinajstić information content (AvgIpc) is 2.86. The molecule has 0 aromatic carbocycles. The number of hydrogen-bond donors (Lipinski definition) is 2. The predicted octanol–water partition coefficient (Wildman–Crippen LogP) is 1.96. The van der Waals surface area contributed by atoms with Crippen molar-refractivity contribution < 1.29 is 0 Å². The summed E-state index contributed by atoms with van der Waals surface area (Å²) < 4.78 is 0. The smallest absolute Gasteiger partial charge is 0.134 e.